The molecule has 0 spiro atoms. The molecule has 1 aliphatic heterocycles. The van der Waals surface area contributed by atoms with Gasteiger partial charge in [0.15, 0.2) is 0 Å². The molecule has 1 N–H and O–H groups in total. The second-order valence-corrected chi connectivity index (χ2v) is 6.70. The zero-order valence-corrected chi connectivity index (χ0v) is 11.6. The van der Waals surface area contributed by atoms with Gasteiger partial charge in [-0.2, -0.15) is 17.0 Å². The van der Waals surface area contributed by atoms with E-state index in [1.165, 1.54) is 4.88 Å². The molecule has 5 heteroatoms. The topological polar surface area (TPSA) is 61.1 Å². The summed E-state index contributed by atoms with van der Waals surface area (Å²) < 4.78 is 0. The maximum absolute atomic E-state index is 11.0. The second kappa shape index (κ2) is 5.77. The fourth-order valence-electron chi connectivity index (χ4n) is 2.60. The van der Waals surface area contributed by atoms with Crippen molar-refractivity contribution >= 4 is 29.1 Å². The Morgan fingerprint density at radius 2 is 2.28 bits per heavy atom. The zero-order chi connectivity index (χ0) is 13.0. The van der Waals surface area contributed by atoms with Crippen LogP contribution in [0.15, 0.2) is 17.5 Å². The van der Waals surface area contributed by atoms with Crippen LogP contribution in [0.2, 0.25) is 0 Å². The Morgan fingerprint density at radius 3 is 2.78 bits per heavy atom. The average molecular weight is 281 g/mol. The first-order valence-electron chi connectivity index (χ1n) is 5.92. The van der Waals surface area contributed by atoms with Crippen molar-refractivity contribution in [3.63, 3.8) is 0 Å². The van der Waals surface area contributed by atoms with Crippen molar-refractivity contribution in [1.29, 1.82) is 5.26 Å². The molecule has 0 radical (unpaired) electrons. The molecule has 1 aliphatic rings. The van der Waals surface area contributed by atoms with E-state index in [0.717, 1.165) is 24.3 Å². The van der Waals surface area contributed by atoms with Crippen LogP contribution in [0, 0.1) is 17.2 Å². The molecule has 0 amide bonds. The monoisotopic (exact) mass is 281 g/mol. The maximum atomic E-state index is 11.0. The molecule has 1 saturated heterocycles. The molecule has 2 rings (SSSR count). The Kier molecular flexibility index (Phi) is 4.31. The normalized spacial score (nSPS) is 19.9. The molecule has 0 bridgehead atoms. The third-order valence-electron chi connectivity index (χ3n) is 3.60. The van der Waals surface area contributed by atoms with Crippen molar-refractivity contribution in [2.45, 2.75) is 24.7 Å². The molecule has 96 valence electrons. The van der Waals surface area contributed by atoms with Crippen molar-refractivity contribution in [2.24, 2.45) is 5.92 Å². The van der Waals surface area contributed by atoms with Crippen molar-refractivity contribution < 1.29 is 9.90 Å². The van der Waals surface area contributed by atoms with Crippen molar-refractivity contribution in [2.75, 3.05) is 11.5 Å². The molecule has 1 aromatic rings. The molecule has 0 saturated carbocycles. The Bertz CT molecular complexity index is 444. The fourth-order valence-corrected chi connectivity index (χ4v) is 4.87. The maximum Gasteiger partial charge on any atom is 0.304 e. The Morgan fingerprint density at radius 1 is 1.56 bits per heavy atom. The molecule has 2 heterocycles. The zero-order valence-electron chi connectivity index (χ0n) is 9.96. The minimum Gasteiger partial charge on any atom is -0.481 e. The molecule has 1 aromatic heterocycles. The van der Waals surface area contributed by atoms with Crippen molar-refractivity contribution in [3.05, 3.63) is 22.4 Å². The lowest BCUT2D eigenvalue weighted by molar-refractivity contribution is -0.138. The van der Waals surface area contributed by atoms with Crippen LogP contribution in [0.5, 0.6) is 0 Å². The number of nitriles is 1. The van der Waals surface area contributed by atoms with Crippen LogP contribution in [-0.2, 0) is 10.2 Å². The van der Waals surface area contributed by atoms with Gasteiger partial charge in [-0.15, -0.1) is 11.3 Å². The van der Waals surface area contributed by atoms with E-state index < -0.39 is 11.9 Å². The molecule has 1 fully saturated rings. The predicted molar refractivity (Wildman–Crippen MR) is 73.9 cm³/mol. The SMILES string of the molecule is N#CC(CC(=O)O)C1(c2cccs2)CCSCC1. The summed E-state index contributed by atoms with van der Waals surface area (Å²) in [4.78, 5) is 12.1. The molecule has 0 aromatic carbocycles. The number of carbonyl (C=O) groups is 1. The Balaban J connectivity index is 2.35. The van der Waals surface area contributed by atoms with E-state index >= 15 is 0 Å². The van der Waals surface area contributed by atoms with Gasteiger partial charge in [-0.25, -0.2) is 0 Å². The molecular formula is C13H15NO2S2. The van der Waals surface area contributed by atoms with Gasteiger partial charge in [-0.05, 0) is 35.8 Å². The second-order valence-electron chi connectivity index (χ2n) is 4.53. The first-order chi connectivity index (χ1) is 8.69. The van der Waals surface area contributed by atoms with Crippen LogP contribution in [0.4, 0.5) is 0 Å². The molecular weight excluding hydrogens is 266 g/mol. The highest BCUT2D eigenvalue weighted by atomic mass is 32.2. The van der Waals surface area contributed by atoms with Crippen LogP contribution in [0.1, 0.15) is 24.1 Å². The highest BCUT2D eigenvalue weighted by molar-refractivity contribution is 7.99. The lowest BCUT2D eigenvalue weighted by Crippen LogP contribution is -2.38. The van der Waals surface area contributed by atoms with E-state index in [1.54, 1.807) is 11.3 Å². The number of carboxylic acid groups (broad SMARTS) is 1. The lowest BCUT2D eigenvalue weighted by Gasteiger charge is -2.39. The van der Waals surface area contributed by atoms with Crippen molar-refractivity contribution in [1.82, 2.24) is 0 Å². The minimum absolute atomic E-state index is 0.0565. The summed E-state index contributed by atoms with van der Waals surface area (Å²) in [6, 6.07) is 6.28. The highest BCUT2D eigenvalue weighted by Crippen LogP contribution is 2.46. The highest BCUT2D eigenvalue weighted by Gasteiger charge is 2.43. The van der Waals surface area contributed by atoms with Crippen LogP contribution >= 0.6 is 23.1 Å². The third kappa shape index (κ3) is 2.55. The standard InChI is InChI=1S/C13H15NO2S2/c14-9-10(8-12(15)16)13(3-6-17-7-4-13)11-2-1-5-18-11/h1-2,5,10H,3-4,6-8H2,(H,15,16). The number of nitrogens with zero attached hydrogens (tertiary/aromatic N) is 1. The first kappa shape index (κ1) is 13.4. The Hall–Kier alpha value is -0.990. The van der Waals surface area contributed by atoms with E-state index in [-0.39, 0.29) is 11.8 Å². The molecule has 1 atom stereocenters. The molecule has 3 nitrogen and oxygen atoms in total. The largest absolute Gasteiger partial charge is 0.481 e. The summed E-state index contributed by atoms with van der Waals surface area (Å²) in [6.45, 7) is 0. The summed E-state index contributed by atoms with van der Waals surface area (Å²) >= 11 is 3.53. The average Bonchev–Trinajstić information content (AvgIpc) is 2.91. The third-order valence-corrected chi connectivity index (χ3v) is 5.67. The number of rotatable bonds is 4. The van der Waals surface area contributed by atoms with E-state index in [1.807, 2.05) is 29.3 Å². The number of carboxylic acids is 1. The molecule has 18 heavy (non-hydrogen) atoms. The number of hydrogen-bond donors (Lipinski definition) is 1. The summed E-state index contributed by atoms with van der Waals surface area (Å²) in [5.74, 6) is 0.719. The molecule has 0 aliphatic carbocycles. The fraction of sp³-hybridized carbons (Fsp3) is 0.538. The smallest absolute Gasteiger partial charge is 0.304 e. The van der Waals surface area contributed by atoms with Crippen LogP contribution < -0.4 is 0 Å². The van der Waals surface area contributed by atoms with Gasteiger partial charge < -0.3 is 5.11 Å². The summed E-state index contributed by atoms with van der Waals surface area (Å²) in [6.07, 6.45) is 1.76. The summed E-state index contributed by atoms with van der Waals surface area (Å²) in [5.41, 5.74) is -0.243. The van der Waals surface area contributed by atoms with E-state index in [0.29, 0.717) is 0 Å². The molecule has 1 unspecified atom stereocenters. The van der Waals surface area contributed by atoms with Gasteiger partial charge in [-0.3, -0.25) is 4.79 Å². The van der Waals surface area contributed by atoms with Gasteiger partial charge in [0.2, 0.25) is 0 Å². The van der Waals surface area contributed by atoms with E-state index in [9.17, 15) is 10.1 Å². The van der Waals surface area contributed by atoms with Crippen LogP contribution in [-0.4, -0.2) is 22.6 Å². The summed E-state index contributed by atoms with van der Waals surface area (Å²) in [7, 11) is 0. The van der Waals surface area contributed by atoms with Gasteiger partial charge in [0.1, 0.15) is 0 Å². The number of aliphatic carboxylic acids is 1. The van der Waals surface area contributed by atoms with E-state index in [2.05, 4.69) is 6.07 Å². The van der Waals surface area contributed by atoms with E-state index in [4.69, 9.17) is 5.11 Å². The van der Waals surface area contributed by atoms with Gasteiger partial charge in [-0.1, -0.05) is 6.07 Å². The van der Waals surface area contributed by atoms with Crippen LogP contribution in [0.25, 0.3) is 0 Å². The van der Waals surface area contributed by atoms with Gasteiger partial charge in [0, 0.05) is 10.3 Å². The first-order valence-corrected chi connectivity index (χ1v) is 7.95. The van der Waals surface area contributed by atoms with Crippen LogP contribution in [0.3, 0.4) is 0 Å². The number of thioether (sulfide) groups is 1. The summed E-state index contributed by atoms with van der Waals surface area (Å²) in [5, 5.41) is 20.4. The van der Waals surface area contributed by atoms with Gasteiger partial charge in [0.05, 0.1) is 18.4 Å². The predicted octanol–water partition coefficient (Wildman–Crippen LogP) is 3.13. The lowest BCUT2D eigenvalue weighted by atomic mass is 9.69. The number of hydrogen-bond acceptors (Lipinski definition) is 4. The minimum atomic E-state index is -0.879. The van der Waals surface area contributed by atoms with Gasteiger partial charge >= 0.3 is 5.97 Å². The Labute approximate surface area is 115 Å². The van der Waals surface area contributed by atoms with Crippen molar-refractivity contribution in [3.8, 4) is 6.07 Å². The van der Waals surface area contributed by atoms with Gasteiger partial charge in [0.25, 0.3) is 0 Å². The number of thiophene rings is 1. The quantitative estimate of drug-likeness (QED) is 0.921.